The molecule has 26 heavy (non-hydrogen) atoms. The first kappa shape index (κ1) is 18.2. The van der Waals surface area contributed by atoms with Gasteiger partial charge in [-0.2, -0.15) is 4.68 Å². The Balaban J connectivity index is 1.55. The van der Waals surface area contributed by atoms with Gasteiger partial charge in [0.2, 0.25) is 11.1 Å². The van der Waals surface area contributed by atoms with E-state index in [9.17, 15) is 4.79 Å². The molecule has 0 unspecified atom stereocenters. The van der Waals surface area contributed by atoms with Crippen molar-refractivity contribution in [3.8, 4) is 11.4 Å². The van der Waals surface area contributed by atoms with Gasteiger partial charge in [0, 0.05) is 11.6 Å². The van der Waals surface area contributed by atoms with Crippen molar-refractivity contribution in [3.05, 3.63) is 59.1 Å². The van der Waals surface area contributed by atoms with Crippen LogP contribution in [0.2, 0.25) is 5.02 Å². The SMILES string of the molecule is COc1cccc(CNC(=O)CSc2nnnn2-c2ccc(Cl)cc2)c1. The third-order valence-corrected chi connectivity index (χ3v) is 4.64. The summed E-state index contributed by atoms with van der Waals surface area (Å²) in [5.74, 6) is 0.856. The average molecular weight is 390 g/mol. The summed E-state index contributed by atoms with van der Waals surface area (Å²) in [5.41, 5.74) is 1.74. The number of methoxy groups -OCH3 is 1. The predicted molar refractivity (Wildman–Crippen MR) is 99.7 cm³/mol. The Kier molecular flexibility index (Phi) is 6.08. The van der Waals surface area contributed by atoms with Crippen LogP contribution < -0.4 is 10.1 Å². The van der Waals surface area contributed by atoms with Crippen molar-refractivity contribution in [2.45, 2.75) is 11.7 Å². The van der Waals surface area contributed by atoms with E-state index in [1.807, 2.05) is 36.4 Å². The van der Waals surface area contributed by atoms with Crippen molar-refractivity contribution >= 4 is 29.3 Å². The zero-order valence-electron chi connectivity index (χ0n) is 13.9. The van der Waals surface area contributed by atoms with Gasteiger partial charge in [-0.25, -0.2) is 0 Å². The van der Waals surface area contributed by atoms with Crippen LogP contribution in [0, 0.1) is 0 Å². The van der Waals surface area contributed by atoms with Gasteiger partial charge in [0.1, 0.15) is 5.75 Å². The molecule has 0 saturated heterocycles. The second kappa shape index (κ2) is 8.68. The minimum atomic E-state index is -0.108. The number of thioether (sulfide) groups is 1. The molecule has 2 aromatic carbocycles. The highest BCUT2D eigenvalue weighted by Crippen LogP contribution is 2.19. The third kappa shape index (κ3) is 4.74. The normalized spacial score (nSPS) is 10.5. The number of carbonyl (C=O) groups excluding carboxylic acids is 1. The third-order valence-electron chi connectivity index (χ3n) is 3.47. The van der Waals surface area contributed by atoms with E-state index in [4.69, 9.17) is 16.3 Å². The number of amides is 1. The molecule has 7 nitrogen and oxygen atoms in total. The molecular formula is C17H16ClN5O2S. The largest absolute Gasteiger partial charge is 0.497 e. The first-order valence-electron chi connectivity index (χ1n) is 7.72. The number of hydrogen-bond acceptors (Lipinski definition) is 6. The number of hydrogen-bond donors (Lipinski definition) is 1. The number of aromatic nitrogens is 4. The summed E-state index contributed by atoms with van der Waals surface area (Å²) in [7, 11) is 1.61. The molecule has 1 N–H and O–H groups in total. The Morgan fingerprint density at radius 3 is 2.85 bits per heavy atom. The molecule has 0 saturated carbocycles. The van der Waals surface area contributed by atoms with Gasteiger partial charge < -0.3 is 10.1 Å². The van der Waals surface area contributed by atoms with Crippen molar-refractivity contribution < 1.29 is 9.53 Å². The zero-order chi connectivity index (χ0) is 18.4. The zero-order valence-corrected chi connectivity index (χ0v) is 15.5. The fourth-order valence-corrected chi connectivity index (χ4v) is 3.02. The van der Waals surface area contributed by atoms with Gasteiger partial charge >= 0.3 is 0 Å². The molecule has 134 valence electrons. The topological polar surface area (TPSA) is 81.9 Å². The quantitative estimate of drug-likeness (QED) is 0.626. The Morgan fingerprint density at radius 1 is 1.27 bits per heavy atom. The van der Waals surface area contributed by atoms with Gasteiger partial charge in [-0.05, 0) is 52.4 Å². The van der Waals surface area contributed by atoms with E-state index in [2.05, 4.69) is 20.8 Å². The van der Waals surface area contributed by atoms with E-state index < -0.39 is 0 Å². The first-order valence-corrected chi connectivity index (χ1v) is 9.09. The smallest absolute Gasteiger partial charge is 0.230 e. The Bertz CT molecular complexity index is 885. The van der Waals surface area contributed by atoms with E-state index in [0.29, 0.717) is 16.7 Å². The van der Waals surface area contributed by atoms with Crippen molar-refractivity contribution in [1.29, 1.82) is 0 Å². The van der Waals surface area contributed by atoms with Crippen LogP contribution in [0.3, 0.4) is 0 Å². The number of nitrogens with one attached hydrogen (secondary N) is 1. The summed E-state index contributed by atoms with van der Waals surface area (Å²) < 4.78 is 6.74. The second-order valence-electron chi connectivity index (χ2n) is 5.27. The molecule has 3 rings (SSSR count). The number of benzene rings is 2. The Hall–Kier alpha value is -2.58. The minimum absolute atomic E-state index is 0.108. The van der Waals surface area contributed by atoms with Crippen molar-refractivity contribution in [1.82, 2.24) is 25.5 Å². The van der Waals surface area contributed by atoms with Crippen LogP contribution in [-0.4, -0.2) is 39.0 Å². The van der Waals surface area contributed by atoms with Gasteiger partial charge in [-0.1, -0.05) is 35.5 Å². The van der Waals surface area contributed by atoms with Gasteiger partial charge in [-0.15, -0.1) is 5.10 Å². The molecule has 1 amide bonds. The molecule has 0 spiro atoms. The van der Waals surface area contributed by atoms with E-state index in [1.165, 1.54) is 11.8 Å². The summed E-state index contributed by atoms with van der Waals surface area (Å²) in [6, 6.07) is 14.7. The number of ether oxygens (including phenoxy) is 1. The average Bonchev–Trinajstić information content (AvgIpc) is 3.14. The maximum absolute atomic E-state index is 12.1. The van der Waals surface area contributed by atoms with Crippen LogP contribution >= 0.6 is 23.4 Å². The number of carbonyl (C=O) groups is 1. The van der Waals surface area contributed by atoms with Gasteiger partial charge in [0.25, 0.3) is 0 Å². The molecule has 0 aliphatic carbocycles. The molecule has 0 radical (unpaired) electrons. The fourth-order valence-electron chi connectivity index (χ4n) is 2.18. The summed E-state index contributed by atoms with van der Waals surface area (Å²) in [5, 5.41) is 15.6. The maximum Gasteiger partial charge on any atom is 0.230 e. The monoisotopic (exact) mass is 389 g/mol. The number of tetrazole rings is 1. The lowest BCUT2D eigenvalue weighted by molar-refractivity contribution is -0.118. The van der Waals surface area contributed by atoms with Crippen molar-refractivity contribution in [3.63, 3.8) is 0 Å². The van der Waals surface area contributed by atoms with Crippen LogP contribution in [0.1, 0.15) is 5.56 Å². The highest BCUT2D eigenvalue weighted by Gasteiger charge is 2.11. The molecule has 0 bridgehead atoms. The molecule has 0 aliphatic rings. The lowest BCUT2D eigenvalue weighted by atomic mass is 10.2. The molecular weight excluding hydrogens is 374 g/mol. The fraction of sp³-hybridized carbons (Fsp3) is 0.176. The van der Waals surface area contributed by atoms with E-state index >= 15 is 0 Å². The molecule has 1 heterocycles. The number of nitrogens with zero attached hydrogens (tertiary/aromatic N) is 4. The summed E-state index contributed by atoms with van der Waals surface area (Å²) in [6.45, 7) is 0.429. The molecule has 0 atom stereocenters. The maximum atomic E-state index is 12.1. The molecule has 9 heteroatoms. The highest BCUT2D eigenvalue weighted by molar-refractivity contribution is 7.99. The summed E-state index contributed by atoms with van der Waals surface area (Å²) in [6.07, 6.45) is 0. The van der Waals surface area contributed by atoms with Gasteiger partial charge in [-0.3, -0.25) is 4.79 Å². The predicted octanol–water partition coefficient (Wildman–Crippen LogP) is 2.73. The van der Waals surface area contributed by atoms with Crippen LogP contribution in [0.15, 0.2) is 53.7 Å². The van der Waals surface area contributed by atoms with Crippen LogP contribution in [0.25, 0.3) is 5.69 Å². The standard InChI is InChI=1S/C17H16ClN5O2S/c1-25-15-4-2-3-12(9-15)10-19-16(24)11-26-17-20-21-22-23(17)14-7-5-13(18)6-8-14/h2-9H,10-11H2,1H3,(H,19,24). The van der Waals surface area contributed by atoms with E-state index in [1.54, 1.807) is 23.9 Å². The van der Waals surface area contributed by atoms with Crippen LogP contribution in [0.4, 0.5) is 0 Å². The van der Waals surface area contributed by atoms with Crippen LogP contribution in [-0.2, 0) is 11.3 Å². The second-order valence-corrected chi connectivity index (χ2v) is 6.65. The molecule has 0 aliphatic heterocycles. The molecule has 1 aromatic heterocycles. The van der Waals surface area contributed by atoms with Crippen molar-refractivity contribution in [2.24, 2.45) is 0 Å². The van der Waals surface area contributed by atoms with Crippen LogP contribution in [0.5, 0.6) is 5.75 Å². The first-order chi connectivity index (χ1) is 12.7. The highest BCUT2D eigenvalue weighted by atomic mass is 35.5. The Labute approximate surface area is 159 Å². The lowest BCUT2D eigenvalue weighted by Crippen LogP contribution is -2.24. The number of rotatable bonds is 7. The van der Waals surface area contributed by atoms with Crippen molar-refractivity contribution in [2.75, 3.05) is 12.9 Å². The van der Waals surface area contributed by atoms with Gasteiger partial charge in [0.05, 0.1) is 18.6 Å². The summed E-state index contributed by atoms with van der Waals surface area (Å²) in [4.78, 5) is 12.1. The summed E-state index contributed by atoms with van der Waals surface area (Å²) >= 11 is 7.15. The molecule has 0 fully saturated rings. The van der Waals surface area contributed by atoms with E-state index in [0.717, 1.165) is 17.0 Å². The van der Waals surface area contributed by atoms with Gasteiger partial charge in [0.15, 0.2) is 0 Å². The van der Waals surface area contributed by atoms with E-state index in [-0.39, 0.29) is 11.7 Å². The minimum Gasteiger partial charge on any atom is -0.497 e. The molecule has 3 aromatic rings. The number of halogens is 1. The Morgan fingerprint density at radius 2 is 2.08 bits per heavy atom. The lowest BCUT2D eigenvalue weighted by Gasteiger charge is -2.07.